The third-order valence-corrected chi connectivity index (χ3v) is 2.39. The monoisotopic (exact) mass is 215 g/mol. The normalized spacial score (nSPS) is 10.1. The lowest BCUT2D eigenvalue weighted by Crippen LogP contribution is -1.89. The number of nitrogens with zero attached hydrogens (tertiary/aromatic N) is 3. The Morgan fingerprint density at radius 1 is 1.31 bits per heavy atom. The van der Waals surface area contributed by atoms with Crippen LogP contribution in [0.1, 0.15) is 0 Å². The first kappa shape index (κ1) is 10.4. The van der Waals surface area contributed by atoms with Crippen molar-refractivity contribution in [2.75, 3.05) is 7.11 Å². The Morgan fingerprint density at radius 3 is 2.56 bits per heavy atom. The molecule has 1 heterocycles. The van der Waals surface area contributed by atoms with Crippen LogP contribution < -0.4 is 4.74 Å². The smallest absolute Gasteiger partial charge is 0.242 e. The van der Waals surface area contributed by atoms with Crippen LogP contribution in [0.25, 0.3) is 11.1 Å². The van der Waals surface area contributed by atoms with Gasteiger partial charge in [0, 0.05) is 7.05 Å². The van der Waals surface area contributed by atoms with Gasteiger partial charge in [0.15, 0.2) is 5.82 Å². The number of rotatable bonds is 3. The average molecular weight is 215 g/mol. The van der Waals surface area contributed by atoms with Crippen molar-refractivity contribution in [3.8, 4) is 17.0 Å². The fraction of sp³-hybridized carbons (Fsp3) is 0.167. The van der Waals surface area contributed by atoms with E-state index in [0.29, 0.717) is 11.7 Å². The largest absolute Gasteiger partial charge is 0.479 e. The molecule has 2 aromatic rings. The van der Waals surface area contributed by atoms with E-state index in [-0.39, 0.29) is 0 Å². The first-order chi connectivity index (χ1) is 7.77. The highest BCUT2D eigenvalue weighted by Gasteiger charge is 2.17. The predicted octanol–water partition coefficient (Wildman–Crippen LogP) is 2.43. The van der Waals surface area contributed by atoms with Gasteiger partial charge in [-0.3, -0.25) is 0 Å². The summed E-state index contributed by atoms with van der Waals surface area (Å²) in [6, 6.07) is 9.89. The maximum atomic E-state index is 5.24. The van der Waals surface area contributed by atoms with Gasteiger partial charge in [0.1, 0.15) is 0 Å². The Hall–Kier alpha value is -2.10. The van der Waals surface area contributed by atoms with Crippen molar-refractivity contribution in [1.82, 2.24) is 9.78 Å². The predicted molar refractivity (Wildman–Crippen MR) is 64.4 cm³/mol. The molecule has 0 bridgehead atoms. The molecular weight excluding hydrogens is 202 g/mol. The molecule has 0 radical (unpaired) electrons. The number of hydrogen-bond acceptors (Lipinski definition) is 3. The number of aryl methyl sites for hydroxylation is 1. The van der Waals surface area contributed by atoms with Crippen LogP contribution in [0.2, 0.25) is 0 Å². The molecule has 2 rings (SSSR count). The van der Waals surface area contributed by atoms with E-state index in [1.165, 1.54) is 0 Å². The molecule has 4 heteroatoms. The van der Waals surface area contributed by atoms with Crippen LogP contribution in [-0.4, -0.2) is 23.6 Å². The van der Waals surface area contributed by atoms with E-state index in [2.05, 4.69) is 16.8 Å². The van der Waals surface area contributed by atoms with Gasteiger partial charge < -0.3 is 4.74 Å². The van der Waals surface area contributed by atoms with Crippen LogP contribution in [0.3, 0.4) is 0 Å². The Kier molecular flexibility index (Phi) is 2.72. The molecule has 0 aliphatic rings. The van der Waals surface area contributed by atoms with Crippen LogP contribution >= 0.6 is 0 Å². The van der Waals surface area contributed by atoms with Crippen molar-refractivity contribution in [2.45, 2.75) is 0 Å². The van der Waals surface area contributed by atoms with E-state index in [0.717, 1.165) is 11.1 Å². The molecule has 0 N–H and O–H groups in total. The summed E-state index contributed by atoms with van der Waals surface area (Å²) in [5.74, 6) is 1.28. The summed E-state index contributed by atoms with van der Waals surface area (Å²) in [6.07, 6.45) is 0. The molecule has 4 nitrogen and oxygen atoms in total. The van der Waals surface area contributed by atoms with Crippen LogP contribution in [0.5, 0.6) is 5.88 Å². The average Bonchev–Trinajstić information content (AvgIpc) is 2.66. The highest BCUT2D eigenvalue weighted by molar-refractivity contribution is 5.79. The molecule has 0 spiro atoms. The molecule has 0 saturated heterocycles. The van der Waals surface area contributed by atoms with Gasteiger partial charge in [-0.15, -0.1) is 5.10 Å². The second kappa shape index (κ2) is 4.18. The Bertz CT molecular complexity index is 502. The van der Waals surface area contributed by atoms with Crippen LogP contribution in [0, 0.1) is 0 Å². The van der Waals surface area contributed by atoms with Gasteiger partial charge in [-0.25, -0.2) is 9.67 Å². The Morgan fingerprint density at radius 2 is 2.00 bits per heavy atom. The van der Waals surface area contributed by atoms with E-state index >= 15 is 0 Å². The van der Waals surface area contributed by atoms with E-state index in [9.17, 15) is 0 Å². The van der Waals surface area contributed by atoms with Gasteiger partial charge in [-0.2, -0.15) is 0 Å². The van der Waals surface area contributed by atoms with Gasteiger partial charge in [-0.05, 0) is 12.3 Å². The van der Waals surface area contributed by atoms with Gasteiger partial charge in [0.2, 0.25) is 5.88 Å². The number of hydrogen-bond donors (Lipinski definition) is 0. The number of methoxy groups -OCH3 is 1. The zero-order chi connectivity index (χ0) is 11.5. The summed E-state index contributed by atoms with van der Waals surface area (Å²) < 4.78 is 6.90. The second-order valence-corrected chi connectivity index (χ2v) is 3.36. The molecule has 0 amide bonds. The lowest BCUT2D eigenvalue weighted by atomic mass is 10.1. The van der Waals surface area contributed by atoms with E-state index < -0.39 is 0 Å². The zero-order valence-corrected chi connectivity index (χ0v) is 9.34. The summed E-state index contributed by atoms with van der Waals surface area (Å²) in [5.41, 5.74) is 1.90. The number of benzene rings is 1. The Labute approximate surface area is 94.2 Å². The topological polar surface area (TPSA) is 39.4 Å². The van der Waals surface area contributed by atoms with Gasteiger partial charge >= 0.3 is 0 Å². The highest BCUT2D eigenvalue weighted by Crippen LogP contribution is 2.37. The van der Waals surface area contributed by atoms with Crippen molar-refractivity contribution in [3.05, 3.63) is 30.3 Å². The van der Waals surface area contributed by atoms with Crippen molar-refractivity contribution >= 4 is 12.5 Å². The molecule has 0 fully saturated rings. The summed E-state index contributed by atoms with van der Waals surface area (Å²) in [6.45, 7) is 3.56. The van der Waals surface area contributed by atoms with Crippen molar-refractivity contribution in [1.29, 1.82) is 0 Å². The molecule has 0 unspecified atom stereocenters. The third-order valence-electron chi connectivity index (χ3n) is 2.39. The fourth-order valence-corrected chi connectivity index (χ4v) is 1.67. The minimum atomic E-state index is 0.566. The van der Waals surface area contributed by atoms with Crippen LogP contribution in [0.4, 0.5) is 5.82 Å². The van der Waals surface area contributed by atoms with Gasteiger partial charge in [0.05, 0.1) is 12.7 Å². The fourth-order valence-electron chi connectivity index (χ4n) is 1.67. The van der Waals surface area contributed by atoms with Crippen LogP contribution in [-0.2, 0) is 7.05 Å². The minimum Gasteiger partial charge on any atom is -0.479 e. The zero-order valence-electron chi connectivity index (χ0n) is 9.34. The molecule has 1 aromatic heterocycles. The van der Waals surface area contributed by atoms with Gasteiger partial charge in [-0.1, -0.05) is 30.3 Å². The number of ether oxygens (including phenoxy) is 1. The molecule has 16 heavy (non-hydrogen) atoms. The van der Waals surface area contributed by atoms with E-state index in [4.69, 9.17) is 4.74 Å². The first-order valence-electron chi connectivity index (χ1n) is 4.91. The summed E-state index contributed by atoms with van der Waals surface area (Å²) >= 11 is 0. The van der Waals surface area contributed by atoms with Crippen molar-refractivity contribution in [2.24, 2.45) is 12.0 Å². The maximum absolute atomic E-state index is 5.24. The lowest BCUT2D eigenvalue weighted by Gasteiger charge is -2.02. The molecule has 1 aromatic carbocycles. The summed E-state index contributed by atoms with van der Waals surface area (Å²) in [5, 5.41) is 4.24. The summed E-state index contributed by atoms with van der Waals surface area (Å²) in [4.78, 5) is 3.99. The molecular formula is C12H13N3O. The minimum absolute atomic E-state index is 0.566. The molecule has 0 atom stereocenters. The van der Waals surface area contributed by atoms with Crippen molar-refractivity contribution < 1.29 is 4.74 Å². The standard InChI is InChI=1S/C12H13N3O/c1-13-11-10(9-7-5-4-6-8-9)12(16-3)14-15(11)2/h4-8H,1H2,2-3H3. The Balaban J connectivity index is 2.67. The lowest BCUT2D eigenvalue weighted by molar-refractivity contribution is 0.393. The van der Waals surface area contributed by atoms with E-state index in [1.807, 2.05) is 37.4 Å². The quantitative estimate of drug-likeness (QED) is 0.737. The third kappa shape index (κ3) is 1.58. The number of aliphatic imine (C=N–C) groups is 1. The highest BCUT2D eigenvalue weighted by atomic mass is 16.5. The molecule has 0 saturated carbocycles. The maximum Gasteiger partial charge on any atom is 0.242 e. The number of aromatic nitrogens is 2. The molecule has 0 aliphatic heterocycles. The first-order valence-corrected chi connectivity index (χ1v) is 4.91. The molecule has 82 valence electrons. The van der Waals surface area contributed by atoms with Crippen LogP contribution in [0.15, 0.2) is 35.3 Å². The van der Waals surface area contributed by atoms with E-state index in [1.54, 1.807) is 11.8 Å². The molecule has 0 aliphatic carbocycles. The second-order valence-electron chi connectivity index (χ2n) is 3.36. The summed E-state index contributed by atoms with van der Waals surface area (Å²) in [7, 11) is 3.42. The van der Waals surface area contributed by atoms with Gasteiger partial charge in [0.25, 0.3) is 0 Å². The van der Waals surface area contributed by atoms with Crippen molar-refractivity contribution in [3.63, 3.8) is 0 Å². The SMILES string of the molecule is C=Nc1c(-c2ccccc2)c(OC)nn1C.